The molecule has 0 radical (unpaired) electrons. The molecule has 4 heteroatoms. The maximum atomic E-state index is 10.6. The van der Waals surface area contributed by atoms with Gasteiger partial charge in [-0.15, -0.1) is 0 Å². The summed E-state index contributed by atoms with van der Waals surface area (Å²) >= 11 is 0. The predicted molar refractivity (Wildman–Crippen MR) is 43.0 cm³/mol. The van der Waals surface area contributed by atoms with Gasteiger partial charge in [-0.2, -0.15) is 0 Å². The fourth-order valence-corrected chi connectivity index (χ4v) is 0.902. The molecule has 0 saturated heterocycles. The van der Waals surface area contributed by atoms with E-state index in [4.69, 9.17) is 5.73 Å². The number of aliphatic carboxylic acids is 1. The van der Waals surface area contributed by atoms with E-state index in [-0.39, 0.29) is 29.6 Å². The maximum absolute atomic E-state index is 10.6. The molecule has 0 spiro atoms. The molecule has 0 amide bonds. The smallest absolute Gasteiger partial charge is 0.548 e. The summed E-state index contributed by atoms with van der Waals surface area (Å²) in [6.07, 6.45) is 0. The average molecular weight is 187 g/mol. The van der Waals surface area contributed by atoms with E-state index >= 15 is 0 Å². The molecule has 0 aliphatic heterocycles. The van der Waals surface area contributed by atoms with E-state index in [9.17, 15) is 9.90 Å². The summed E-state index contributed by atoms with van der Waals surface area (Å²) < 4.78 is 0. The van der Waals surface area contributed by atoms with Crippen LogP contribution in [0.1, 0.15) is 12.5 Å². The Hall–Kier alpha value is -0.350. The molecule has 13 heavy (non-hydrogen) atoms. The van der Waals surface area contributed by atoms with Crippen LogP contribution in [0.5, 0.6) is 0 Å². The zero-order valence-electron chi connectivity index (χ0n) is 7.78. The summed E-state index contributed by atoms with van der Waals surface area (Å²) in [5.41, 5.74) is 4.66. The number of carbonyl (C=O) groups excluding carboxylic acids is 1. The largest absolute Gasteiger partial charge is 1.00 e. The minimum Gasteiger partial charge on any atom is -0.548 e. The van der Waals surface area contributed by atoms with Crippen molar-refractivity contribution in [2.45, 2.75) is 12.5 Å². The third kappa shape index (κ3) is 2.81. The van der Waals surface area contributed by atoms with Gasteiger partial charge in [0.05, 0.1) is 11.5 Å². The van der Waals surface area contributed by atoms with Crippen molar-refractivity contribution in [3.63, 3.8) is 0 Å². The summed E-state index contributed by atoms with van der Waals surface area (Å²) in [4.78, 5) is 10.6. The van der Waals surface area contributed by atoms with Crippen LogP contribution in [0.4, 0.5) is 0 Å². The van der Waals surface area contributed by atoms with Crippen LogP contribution in [0.25, 0.3) is 0 Å². The molecule has 1 atom stereocenters. The Morgan fingerprint density at radius 2 is 1.85 bits per heavy atom. The third-order valence-corrected chi connectivity index (χ3v) is 1.80. The average Bonchev–Trinajstić information content (AvgIpc) is 2.06. The minimum absolute atomic E-state index is 0. The molecule has 2 N–H and O–H groups in total. The molecule has 0 fully saturated rings. The second-order valence-corrected chi connectivity index (χ2v) is 2.86. The number of hydrogen-bond donors (Lipinski definition) is 1. The van der Waals surface area contributed by atoms with Gasteiger partial charge < -0.3 is 15.6 Å². The van der Waals surface area contributed by atoms with Crippen LogP contribution < -0.4 is 40.4 Å². The first kappa shape index (κ1) is 12.7. The van der Waals surface area contributed by atoms with Crippen molar-refractivity contribution >= 4 is 5.97 Å². The predicted octanol–water partition coefficient (Wildman–Crippen LogP) is -3.39. The Morgan fingerprint density at radius 3 is 2.23 bits per heavy atom. The van der Waals surface area contributed by atoms with Crippen molar-refractivity contribution in [2.75, 3.05) is 0 Å². The van der Waals surface area contributed by atoms with Gasteiger partial charge in [0.15, 0.2) is 0 Å². The zero-order valence-corrected chi connectivity index (χ0v) is 9.78. The van der Waals surface area contributed by atoms with Gasteiger partial charge >= 0.3 is 29.6 Å². The van der Waals surface area contributed by atoms with Crippen LogP contribution in [-0.2, 0) is 10.3 Å². The number of carboxylic acids is 1. The second kappa shape index (κ2) is 4.77. The van der Waals surface area contributed by atoms with Crippen LogP contribution in [0.15, 0.2) is 30.3 Å². The summed E-state index contributed by atoms with van der Waals surface area (Å²) in [7, 11) is 0. The standard InChI is InChI=1S/C9H11NO2.Na/c1-9(10,8(11)12)7-5-3-2-4-6-7;/h2-6H,10H2,1H3,(H,11,12);/q;+1/p-1. The number of carboxylic acid groups (broad SMARTS) is 1. The summed E-state index contributed by atoms with van der Waals surface area (Å²) in [6, 6.07) is 8.60. The first-order valence-corrected chi connectivity index (χ1v) is 3.61. The number of nitrogens with two attached hydrogens (primary N) is 1. The van der Waals surface area contributed by atoms with E-state index in [0.717, 1.165) is 0 Å². The molecule has 1 unspecified atom stereocenters. The molecule has 1 rings (SSSR count). The van der Waals surface area contributed by atoms with E-state index in [1.807, 2.05) is 0 Å². The van der Waals surface area contributed by atoms with Gasteiger partial charge in [-0.25, -0.2) is 0 Å². The van der Waals surface area contributed by atoms with Crippen LogP contribution in [0.3, 0.4) is 0 Å². The monoisotopic (exact) mass is 187 g/mol. The molecule has 0 bridgehead atoms. The van der Waals surface area contributed by atoms with E-state index in [1.54, 1.807) is 30.3 Å². The molecule has 0 heterocycles. The molecule has 64 valence electrons. The zero-order chi connectivity index (χ0) is 9.19. The number of rotatable bonds is 2. The van der Waals surface area contributed by atoms with Crippen molar-refractivity contribution < 1.29 is 39.5 Å². The first-order valence-electron chi connectivity index (χ1n) is 3.61. The fourth-order valence-electron chi connectivity index (χ4n) is 0.902. The Morgan fingerprint density at radius 1 is 1.38 bits per heavy atom. The second-order valence-electron chi connectivity index (χ2n) is 2.86. The van der Waals surface area contributed by atoms with E-state index in [0.29, 0.717) is 5.56 Å². The van der Waals surface area contributed by atoms with Gasteiger partial charge in [0, 0.05) is 0 Å². The van der Waals surface area contributed by atoms with Crippen molar-refractivity contribution in [1.82, 2.24) is 0 Å². The molecule has 1 aromatic rings. The normalized spacial score (nSPS) is 14.0. The molecule has 1 aromatic carbocycles. The van der Waals surface area contributed by atoms with Gasteiger partial charge in [-0.1, -0.05) is 30.3 Å². The fraction of sp³-hybridized carbons (Fsp3) is 0.222. The number of carbonyl (C=O) groups is 1. The van der Waals surface area contributed by atoms with E-state index < -0.39 is 11.5 Å². The van der Waals surface area contributed by atoms with Gasteiger partial charge in [-0.3, -0.25) is 0 Å². The molecule has 0 aromatic heterocycles. The van der Waals surface area contributed by atoms with E-state index in [2.05, 4.69) is 0 Å². The van der Waals surface area contributed by atoms with Gasteiger partial charge in [-0.05, 0) is 12.5 Å². The number of benzene rings is 1. The number of hydrogen-bond acceptors (Lipinski definition) is 3. The summed E-state index contributed by atoms with van der Waals surface area (Å²) in [5, 5.41) is 10.6. The van der Waals surface area contributed by atoms with Gasteiger partial charge in [0.1, 0.15) is 0 Å². The van der Waals surface area contributed by atoms with Crippen LogP contribution in [0, 0.1) is 0 Å². The molecule has 3 nitrogen and oxygen atoms in total. The van der Waals surface area contributed by atoms with E-state index in [1.165, 1.54) is 6.92 Å². The van der Waals surface area contributed by atoms with Crippen LogP contribution in [0.2, 0.25) is 0 Å². The van der Waals surface area contributed by atoms with Gasteiger partial charge in [0.25, 0.3) is 0 Å². The topological polar surface area (TPSA) is 66.2 Å². The third-order valence-electron chi connectivity index (χ3n) is 1.80. The Labute approximate surface area is 99.2 Å². The molecule has 0 saturated carbocycles. The Bertz CT molecular complexity index is 285. The molecular formula is C9H10NNaO2. The Kier molecular flexibility index (Phi) is 4.64. The maximum Gasteiger partial charge on any atom is 1.00 e. The van der Waals surface area contributed by atoms with Crippen LogP contribution >= 0.6 is 0 Å². The minimum atomic E-state index is -1.40. The first-order chi connectivity index (χ1) is 5.55. The molecular weight excluding hydrogens is 177 g/mol. The SMILES string of the molecule is CC(N)(C(=O)[O-])c1ccccc1.[Na+]. The molecule has 0 aliphatic carbocycles. The van der Waals surface area contributed by atoms with Crippen molar-refractivity contribution in [3.8, 4) is 0 Å². The van der Waals surface area contributed by atoms with Crippen LogP contribution in [-0.4, -0.2) is 5.97 Å². The molecule has 0 aliphatic rings. The summed E-state index contributed by atoms with van der Waals surface area (Å²) in [6.45, 7) is 1.41. The van der Waals surface area contributed by atoms with Crippen molar-refractivity contribution in [2.24, 2.45) is 5.73 Å². The quantitative estimate of drug-likeness (QED) is 0.491. The van der Waals surface area contributed by atoms with Crippen molar-refractivity contribution in [3.05, 3.63) is 35.9 Å². The Balaban J connectivity index is 0.00000144. The summed E-state index contributed by atoms with van der Waals surface area (Å²) in [5.74, 6) is -1.27. The van der Waals surface area contributed by atoms with Gasteiger partial charge in [0.2, 0.25) is 0 Å². The van der Waals surface area contributed by atoms with Crippen molar-refractivity contribution in [1.29, 1.82) is 0 Å².